The average molecular weight is 445 g/mol. The molecule has 164 valence electrons. The molecule has 0 fully saturated rings. The normalized spacial score (nSPS) is 12.0. The van der Waals surface area contributed by atoms with Gasteiger partial charge >= 0.3 is 0 Å². The van der Waals surface area contributed by atoms with Crippen LogP contribution in [0.15, 0.2) is 97.1 Å². The summed E-state index contributed by atoms with van der Waals surface area (Å²) in [6, 6.07) is 30.6. The Morgan fingerprint density at radius 1 is 0.676 bits per heavy atom. The van der Waals surface area contributed by atoms with E-state index in [0.717, 1.165) is 28.0 Å². The fourth-order valence-electron chi connectivity index (χ4n) is 3.97. The first-order chi connectivity index (χ1) is 16.7. The summed E-state index contributed by atoms with van der Waals surface area (Å²) < 4.78 is 10.7. The number of anilines is 1. The third kappa shape index (κ3) is 3.71. The van der Waals surface area contributed by atoms with Gasteiger partial charge in [-0.3, -0.25) is 4.79 Å². The molecule has 2 heterocycles. The van der Waals surface area contributed by atoms with E-state index in [4.69, 9.17) is 19.4 Å². The number of aromatic nitrogens is 2. The number of carbonyl (C=O) groups excluding carboxylic acids is 1. The van der Waals surface area contributed by atoms with Crippen LogP contribution in [0.1, 0.15) is 10.4 Å². The smallest absolute Gasteiger partial charge is 0.255 e. The molecule has 0 unspecified atom stereocenters. The summed E-state index contributed by atoms with van der Waals surface area (Å²) in [7, 11) is 0. The molecule has 0 bridgehead atoms. The van der Waals surface area contributed by atoms with Gasteiger partial charge in [-0.2, -0.15) is 0 Å². The molecule has 6 heteroatoms. The van der Waals surface area contributed by atoms with E-state index in [1.54, 1.807) is 30.3 Å². The van der Waals surface area contributed by atoms with Crippen LogP contribution in [0, 0.1) is 0 Å². The Kier molecular flexibility index (Phi) is 4.88. The van der Waals surface area contributed by atoms with Crippen LogP contribution in [0.3, 0.4) is 0 Å². The van der Waals surface area contributed by atoms with Crippen LogP contribution in [0.4, 0.5) is 5.69 Å². The molecule has 1 aliphatic rings. The summed E-state index contributed by atoms with van der Waals surface area (Å²) in [6.07, 6.45) is 0. The van der Waals surface area contributed by atoms with Crippen LogP contribution in [0.25, 0.3) is 33.5 Å². The van der Waals surface area contributed by atoms with Gasteiger partial charge in [0.1, 0.15) is 0 Å². The van der Waals surface area contributed by atoms with Gasteiger partial charge in [0.2, 0.25) is 6.79 Å². The molecule has 0 saturated heterocycles. The number of rotatable bonds is 4. The van der Waals surface area contributed by atoms with Gasteiger partial charge in [0, 0.05) is 28.4 Å². The molecular weight excluding hydrogens is 426 g/mol. The van der Waals surface area contributed by atoms with Gasteiger partial charge in [-0.15, -0.1) is 0 Å². The number of hydrogen-bond donors (Lipinski definition) is 1. The number of benzene rings is 4. The third-order valence-electron chi connectivity index (χ3n) is 5.65. The van der Waals surface area contributed by atoms with Crippen LogP contribution < -0.4 is 14.8 Å². The third-order valence-corrected chi connectivity index (χ3v) is 5.65. The summed E-state index contributed by atoms with van der Waals surface area (Å²) in [5, 5.41) is 2.91. The summed E-state index contributed by atoms with van der Waals surface area (Å²) in [4.78, 5) is 22.8. The van der Waals surface area contributed by atoms with Gasteiger partial charge in [0.05, 0.1) is 22.4 Å². The molecule has 1 aromatic heterocycles. The van der Waals surface area contributed by atoms with Crippen LogP contribution in [0.5, 0.6) is 11.5 Å². The highest BCUT2D eigenvalue weighted by molar-refractivity contribution is 6.06. The van der Waals surface area contributed by atoms with Crippen LogP contribution >= 0.6 is 0 Å². The van der Waals surface area contributed by atoms with Crippen molar-refractivity contribution in [2.75, 3.05) is 12.1 Å². The Bertz CT molecular complexity index is 1520. The number of ether oxygens (including phenoxy) is 2. The predicted octanol–water partition coefficient (Wildman–Crippen LogP) is 5.94. The first kappa shape index (κ1) is 19.9. The fourth-order valence-corrected chi connectivity index (χ4v) is 3.97. The molecule has 5 aromatic rings. The summed E-state index contributed by atoms with van der Waals surface area (Å²) in [6.45, 7) is 0.185. The lowest BCUT2D eigenvalue weighted by Gasteiger charge is -2.12. The molecule has 6 nitrogen and oxygen atoms in total. The van der Waals surface area contributed by atoms with Crippen molar-refractivity contribution in [2.24, 2.45) is 0 Å². The zero-order valence-corrected chi connectivity index (χ0v) is 18.1. The lowest BCUT2D eigenvalue weighted by molar-refractivity contribution is 0.102. The van der Waals surface area contributed by atoms with E-state index >= 15 is 0 Å². The molecule has 1 amide bonds. The molecule has 34 heavy (non-hydrogen) atoms. The highest BCUT2D eigenvalue weighted by Crippen LogP contribution is 2.34. The summed E-state index contributed by atoms with van der Waals surface area (Å²) in [5.74, 6) is 1.04. The number of fused-ring (bicyclic) bond motifs is 2. The zero-order chi connectivity index (χ0) is 22.9. The average Bonchev–Trinajstić information content (AvgIpc) is 3.36. The SMILES string of the molecule is O=C(Nc1ccc2c(c1)OCO2)c1ccc2nc(-c3ccccc3)c(-c3ccccc3)nc2c1. The van der Waals surface area contributed by atoms with Crippen molar-refractivity contribution < 1.29 is 14.3 Å². The minimum atomic E-state index is -0.240. The second-order valence-corrected chi connectivity index (χ2v) is 7.88. The van der Waals surface area contributed by atoms with Gasteiger partial charge < -0.3 is 14.8 Å². The van der Waals surface area contributed by atoms with Crippen LogP contribution in [0.2, 0.25) is 0 Å². The van der Waals surface area contributed by atoms with Crippen molar-refractivity contribution in [3.63, 3.8) is 0 Å². The Balaban J connectivity index is 1.39. The second-order valence-electron chi connectivity index (χ2n) is 7.88. The van der Waals surface area contributed by atoms with Crippen molar-refractivity contribution in [3.05, 3.63) is 103 Å². The standard InChI is InChI=1S/C28H19N3O3/c32-28(29-21-12-14-24-25(16-21)34-17-33-24)20-11-13-22-23(15-20)31-27(19-9-5-2-6-10-19)26(30-22)18-7-3-1-4-8-18/h1-16H,17H2,(H,29,32). The summed E-state index contributed by atoms with van der Waals surface area (Å²) >= 11 is 0. The number of hydrogen-bond acceptors (Lipinski definition) is 5. The number of amides is 1. The Morgan fingerprint density at radius 3 is 2.03 bits per heavy atom. The lowest BCUT2D eigenvalue weighted by atomic mass is 10.0. The van der Waals surface area contributed by atoms with Crippen LogP contribution in [-0.4, -0.2) is 22.7 Å². The zero-order valence-electron chi connectivity index (χ0n) is 18.1. The van der Waals surface area contributed by atoms with E-state index in [9.17, 15) is 4.79 Å². The molecule has 0 aliphatic carbocycles. The van der Waals surface area contributed by atoms with Gasteiger partial charge in [-0.25, -0.2) is 9.97 Å². The van der Waals surface area contributed by atoms with Gasteiger partial charge in [0.25, 0.3) is 5.91 Å². The van der Waals surface area contributed by atoms with Crippen LogP contribution in [-0.2, 0) is 0 Å². The number of nitrogens with one attached hydrogen (secondary N) is 1. The maximum Gasteiger partial charge on any atom is 0.255 e. The second kappa shape index (κ2) is 8.33. The Hall–Kier alpha value is -4.71. The fraction of sp³-hybridized carbons (Fsp3) is 0.0357. The Labute approximate surface area is 195 Å². The van der Waals surface area contributed by atoms with Gasteiger partial charge in [0.15, 0.2) is 11.5 Å². The lowest BCUT2D eigenvalue weighted by Crippen LogP contribution is -2.12. The van der Waals surface area contributed by atoms with E-state index in [1.165, 1.54) is 0 Å². The van der Waals surface area contributed by atoms with E-state index < -0.39 is 0 Å². The predicted molar refractivity (Wildman–Crippen MR) is 131 cm³/mol. The largest absolute Gasteiger partial charge is 0.454 e. The van der Waals surface area contributed by atoms with Gasteiger partial charge in [-0.05, 0) is 30.3 Å². The highest BCUT2D eigenvalue weighted by atomic mass is 16.7. The minimum Gasteiger partial charge on any atom is -0.454 e. The van der Waals surface area contributed by atoms with Crippen molar-refractivity contribution in [1.82, 2.24) is 9.97 Å². The molecule has 1 N–H and O–H groups in total. The minimum absolute atomic E-state index is 0.185. The van der Waals surface area contributed by atoms with E-state index in [-0.39, 0.29) is 12.7 Å². The van der Waals surface area contributed by atoms with E-state index in [1.807, 2.05) is 66.7 Å². The van der Waals surface area contributed by atoms with Crippen molar-refractivity contribution in [2.45, 2.75) is 0 Å². The maximum absolute atomic E-state index is 13.0. The molecule has 0 radical (unpaired) electrons. The quantitative estimate of drug-likeness (QED) is 0.370. The van der Waals surface area contributed by atoms with Crippen molar-refractivity contribution >= 4 is 22.6 Å². The first-order valence-corrected chi connectivity index (χ1v) is 10.9. The molecule has 1 aliphatic heterocycles. The Morgan fingerprint density at radius 2 is 1.32 bits per heavy atom. The molecule has 0 atom stereocenters. The summed E-state index contributed by atoms with van der Waals surface area (Å²) in [5.41, 5.74) is 6.02. The van der Waals surface area contributed by atoms with Crippen molar-refractivity contribution in [1.29, 1.82) is 0 Å². The van der Waals surface area contributed by atoms with E-state index in [2.05, 4.69) is 5.32 Å². The molecule has 6 rings (SSSR count). The molecule has 0 spiro atoms. The molecule has 0 saturated carbocycles. The number of carbonyl (C=O) groups is 1. The molecule has 4 aromatic carbocycles. The van der Waals surface area contributed by atoms with Gasteiger partial charge in [-0.1, -0.05) is 60.7 Å². The molecular formula is C28H19N3O3. The van der Waals surface area contributed by atoms with E-state index in [0.29, 0.717) is 28.3 Å². The first-order valence-electron chi connectivity index (χ1n) is 10.9. The number of nitrogens with zero attached hydrogens (tertiary/aromatic N) is 2. The highest BCUT2D eigenvalue weighted by Gasteiger charge is 2.17. The van der Waals surface area contributed by atoms with Crippen molar-refractivity contribution in [3.8, 4) is 34.0 Å². The monoisotopic (exact) mass is 445 g/mol. The topological polar surface area (TPSA) is 73.3 Å². The maximum atomic E-state index is 13.0.